The van der Waals surface area contributed by atoms with E-state index in [1.165, 1.54) is 6.26 Å². The van der Waals surface area contributed by atoms with Crippen molar-refractivity contribution < 1.29 is 23.5 Å². The molecular weight excluding hydrogens is 374 g/mol. The van der Waals surface area contributed by atoms with Gasteiger partial charge >= 0.3 is 0 Å². The maximum Gasteiger partial charge on any atom is 0.287 e. The van der Waals surface area contributed by atoms with E-state index >= 15 is 0 Å². The minimum atomic E-state index is -0.274. The smallest absolute Gasteiger partial charge is 0.287 e. The van der Waals surface area contributed by atoms with Crippen LogP contribution in [-0.2, 0) is 20.7 Å². The summed E-state index contributed by atoms with van der Waals surface area (Å²) in [6, 6.07) is 5.34. The molecule has 0 aliphatic carbocycles. The number of furan rings is 1. The zero-order chi connectivity index (χ0) is 20.2. The predicted octanol–water partition coefficient (Wildman–Crippen LogP) is 1.34. The van der Waals surface area contributed by atoms with E-state index in [2.05, 4.69) is 10.3 Å². The third-order valence-corrected chi connectivity index (χ3v) is 5.34. The summed E-state index contributed by atoms with van der Waals surface area (Å²) < 4.78 is 17.1. The van der Waals surface area contributed by atoms with Crippen LogP contribution in [0.5, 0.6) is 0 Å². The van der Waals surface area contributed by atoms with Crippen molar-refractivity contribution in [2.24, 2.45) is 0 Å². The Balaban J connectivity index is 1.25. The number of aromatic nitrogens is 1. The molecule has 0 spiro atoms. The summed E-state index contributed by atoms with van der Waals surface area (Å²) in [5, 5.41) is 2.89. The van der Waals surface area contributed by atoms with Gasteiger partial charge in [-0.15, -0.1) is 0 Å². The summed E-state index contributed by atoms with van der Waals surface area (Å²) in [6.45, 7) is 3.51. The number of aryl methyl sites for hydroxylation is 2. The largest absolute Gasteiger partial charge is 0.459 e. The first kappa shape index (κ1) is 19.6. The van der Waals surface area contributed by atoms with Gasteiger partial charge in [0.05, 0.1) is 25.5 Å². The number of nitrogens with one attached hydrogen (secondary N) is 1. The standard InChI is InChI=1S/C21H25N3O5/c1-14-6-8-27-20(14)21(26)23-16-12-28-17-10-24(11-18(17)29-13-16)19(25)5-4-15-3-2-7-22-9-15/h2-3,6-9,16-18H,4-5,10-13H2,1H3,(H,23,26)/t17-,18-/m0/s1. The number of ether oxygens (including phenoxy) is 2. The van der Waals surface area contributed by atoms with E-state index in [-0.39, 0.29) is 30.1 Å². The number of hydrogen-bond acceptors (Lipinski definition) is 6. The van der Waals surface area contributed by atoms with Crippen LogP contribution < -0.4 is 5.32 Å². The van der Waals surface area contributed by atoms with E-state index < -0.39 is 0 Å². The number of amides is 2. The molecule has 0 bridgehead atoms. The quantitative estimate of drug-likeness (QED) is 0.816. The van der Waals surface area contributed by atoms with E-state index in [1.807, 2.05) is 19.1 Å². The summed E-state index contributed by atoms with van der Waals surface area (Å²) in [6.07, 6.45) is 5.75. The molecule has 2 atom stereocenters. The maximum atomic E-state index is 12.5. The second kappa shape index (κ2) is 8.75. The first-order valence-corrected chi connectivity index (χ1v) is 9.85. The van der Waals surface area contributed by atoms with Gasteiger partial charge in [0.25, 0.3) is 5.91 Å². The molecule has 4 rings (SSSR count). The molecular formula is C21H25N3O5. The highest BCUT2D eigenvalue weighted by atomic mass is 16.6. The van der Waals surface area contributed by atoms with Gasteiger partial charge in [-0.25, -0.2) is 0 Å². The third kappa shape index (κ3) is 4.65. The maximum absolute atomic E-state index is 12.5. The molecule has 154 valence electrons. The zero-order valence-electron chi connectivity index (χ0n) is 16.4. The molecule has 8 heteroatoms. The monoisotopic (exact) mass is 399 g/mol. The van der Waals surface area contributed by atoms with Crippen molar-refractivity contribution in [3.63, 3.8) is 0 Å². The van der Waals surface area contributed by atoms with Crippen LogP contribution in [0.15, 0.2) is 41.3 Å². The molecule has 0 saturated carbocycles. The van der Waals surface area contributed by atoms with Gasteiger partial charge in [-0.3, -0.25) is 14.6 Å². The number of carbonyl (C=O) groups is 2. The second-order valence-electron chi connectivity index (χ2n) is 7.51. The van der Waals surface area contributed by atoms with Crippen LogP contribution in [0, 0.1) is 6.92 Å². The number of likely N-dealkylation sites (tertiary alicyclic amines) is 1. The fraction of sp³-hybridized carbons (Fsp3) is 0.476. The molecule has 2 aromatic rings. The summed E-state index contributed by atoms with van der Waals surface area (Å²) in [7, 11) is 0. The molecule has 0 unspecified atom stereocenters. The molecule has 2 aliphatic heterocycles. The van der Waals surface area contributed by atoms with Gasteiger partial charge in [-0.2, -0.15) is 0 Å². The normalized spacial score (nSPS) is 22.2. The highest BCUT2D eigenvalue weighted by Crippen LogP contribution is 2.21. The zero-order valence-corrected chi connectivity index (χ0v) is 16.4. The van der Waals surface area contributed by atoms with Crippen LogP contribution in [0.4, 0.5) is 0 Å². The molecule has 29 heavy (non-hydrogen) atoms. The first-order chi connectivity index (χ1) is 14.1. The minimum absolute atomic E-state index is 0.0901. The van der Waals surface area contributed by atoms with Crippen molar-refractivity contribution in [1.82, 2.24) is 15.2 Å². The molecule has 4 heterocycles. The van der Waals surface area contributed by atoms with Gasteiger partial charge < -0.3 is 24.1 Å². The van der Waals surface area contributed by atoms with Gasteiger partial charge in [0.15, 0.2) is 5.76 Å². The van der Waals surface area contributed by atoms with Crippen molar-refractivity contribution in [2.45, 2.75) is 38.0 Å². The topological polar surface area (TPSA) is 93.9 Å². The Hall–Kier alpha value is -2.71. The van der Waals surface area contributed by atoms with Crippen LogP contribution in [0.3, 0.4) is 0 Å². The molecule has 1 N–H and O–H groups in total. The van der Waals surface area contributed by atoms with Crippen LogP contribution in [-0.4, -0.2) is 66.3 Å². The van der Waals surface area contributed by atoms with E-state index in [4.69, 9.17) is 13.9 Å². The van der Waals surface area contributed by atoms with Gasteiger partial charge in [0.2, 0.25) is 5.91 Å². The lowest BCUT2D eigenvalue weighted by molar-refractivity contribution is -0.131. The first-order valence-electron chi connectivity index (χ1n) is 9.85. The summed E-state index contributed by atoms with van der Waals surface area (Å²) >= 11 is 0. The van der Waals surface area contributed by atoms with Crippen molar-refractivity contribution in [2.75, 3.05) is 26.3 Å². The molecule has 2 aliphatic rings. The number of rotatable bonds is 5. The number of fused-ring (bicyclic) bond motifs is 1. The molecule has 0 aromatic carbocycles. The van der Waals surface area contributed by atoms with Crippen molar-refractivity contribution in [3.8, 4) is 0 Å². The lowest BCUT2D eigenvalue weighted by Crippen LogP contribution is -2.41. The summed E-state index contributed by atoms with van der Waals surface area (Å²) in [5.74, 6) is 0.121. The Bertz CT molecular complexity index is 837. The van der Waals surface area contributed by atoms with E-state index in [0.29, 0.717) is 44.9 Å². The fourth-order valence-corrected chi connectivity index (χ4v) is 3.69. The fourth-order valence-electron chi connectivity index (χ4n) is 3.69. The predicted molar refractivity (Wildman–Crippen MR) is 103 cm³/mol. The molecule has 0 radical (unpaired) electrons. The molecule has 2 saturated heterocycles. The average Bonchev–Trinajstić information content (AvgIpc) is 3.30. The van der Waals surface area contributed by atoms with Gasteiger partial charge in [0.1, 0.15) is 12.2 Å². The van der Waals surface area contributed by atoms with E-state index in [9.17, 15) is 9.59 Å². The highest BCUT2D eigenvalue weighted by Gasteiger charge is 2.39. The van der Waals surface area contributed by atoms with Gasteiger partial charge in [0, 0.05) is 37.5 Å². The lowest BCUT2D eigenvalue weighted by Gasteiger charge is -2.19. The Morgan fingerprint density at radius 1 is 1.21 bits per heavy atom. The number of pyridine rings is 1. The summed E-state index contributed by atoms with van der Waals surface area (Å²) in [4.78, 5) is 30.7. The Labute approximate surface area is 169 Å². The highest BCUT2D eigenvalue weighted by molar-refractivity contribution is 5.93. The van der Waals surface area contributed by atoms with Crippen LogP contribution >= 0.6 is 0 Å². The van der Waals surface area contributed by atoms with E-state index in [1.54, 1.807) is 23.4 Å². The average molecular weight is 399 g/mol. The SMILES string of the molecule is Cc1ccoc1C(=O)NC1CO[C@H]2CN(C(=O)CCc3cccnc3)C[C@@H]2OC1. The van der Waals surface area contributed by atoms with E-state index in [0.717, 1.165) is 11.1 Å². The summed E-state index contributed by atoms with van der Waals surface area (Å²) in [5.41, 5.74) is 1.84. The molecule has 2 amide bonds. The van der Waals surface area contributed by atoms with Gasteiger partial charge in [-0.05, 0) is 31.0 Å². The Morgan fingerprint density at radius 3 is 2.59 bits per heavy atom. The van der Waals surface area contributed by atoms with Crippen molar-refractivity contribution in [1.29, 1.82) is 0 Å². The second-order valence-corrected chi connectivity index (χ2v) is 7.51. The van der Waals surface area contributed by atoms with Crippen molar-refractivity contribution >= 4 is 11.8 Å². The Kier molecular flexibility index (Phi) is 5.92. The number of hydrogen-bond donors (Lipinski definition) is 1. The van der Waals surface area contributed by atoms with Crippen LogP contribution in [0.1, 0.15) is 28.1 Å². The number of carbonyl (C=O) groups excluding carboxylic acids is 2. The Morgan fingerprint density at radius 2 is 1.97 bits per heavy atom. The van der Waals surface area contributed by atoms with Gasteiger partial charge in [-0.1, -0.05) is 6.07 Å². The molecule has 2 aromatic heterocycles. The lowest BCUT2D eigenvalue weighted by atomic mass is 10.1. The van der Waals surface area contributed by atoms with Crippen LogP contribution in [0.25, 0.3) is 0 Å². The third-order valence-electron chi connectivity index (χ3n) is 5.34. The number of nitrogens with zero attached hydrogens (tertiary/aromatic N) is 2. The van der Waals surface area contributed by atoms with Crippen LogP contribution in [0.2, 0.25) is 0 Å². The van der Waals surface area contributed by atoms with Crippen molar-refractivity contribution in [3.05, 3.63) is 53.7 Å². The minimum Gasteiger partial charge on any atom is -0.459 e. The molecule has 2 fully saturated rings. The molecule has 8 nitrogen and oxygen atoms in total.